The van der Waals surface area contributed by atoms with Gasteiger partial charge in [-0.3, -0.25) is 4.98 Å². The first-order valence-corrected chi connectivity index (χ1v) is 8.29. The number of aliphatic hydroxyl groups is 2. The molecule has 2 atom stereocenters. The molecule has 0 saturated heterocycles. The minimum absolute atomic E-state index is 0.137. The Morgan fingerprint density at radius 3 is 2.62 bits per heavy atom. The van der Waals surface area contributed by atoms with Gasteiger partial charge < -0.3 is 20.3 Å². The molecule has 1 heterocycles. The second kappa shape index (κ2) is 8.42. The van der Waals surface area contributed by atoms with Crippen LogP contribution in [0.1, 0.15) is 17.2 Å². The number of para-hydroxylation sites is 1. The van der Waals surface area contributed by atoms with E-state index in [0.717, 1.165) is 16.5 Å². The lowest BCUT2D eigenvalue weighted by Crippen LogP contribution is -2.35. The highest BCUT2D eigenvalue weighted by Crippen LogP contribution is 2.20. The third-order valence-electron chi connectivity index (χ3n) is 3.99. The molecular weight excluding hydrogens is 332 g/mol. The highest BCUT2D eigenvalue weighted by Gasteiger charge is 2.20. The molecule has 6 nitrogen and oxygen atoms in total. The van der Waals surface area contributed by atoms with Crippen LogP contribution in [-0.2, 0) is 11.3 Å². The number of fused-ring (bicyclic) bond motifs is 1. The minimum Gasteiger partial charge on any atom is -0.445 e. The van der Waals surface area contributed by atoms with Crippen molar-refractivity contribution in [3.63, 3.8) is 0 Å². The van der Waals surface area contributed by atoms with Gasteiger partial charge in [-0.15, -0.1) is 0 Å². The van der Waals surface area contributed by atoms with Gasteiger partial charge in [0, 0.05) is 23.7 Å². The number of alkyl carbamates (subject to hydrolysis) is 1. The Bertz CT molecular complexity index is 870. The minimum atomic E-state index is -1.18. The molecule has 26 heavy (non-hydrogen) atoms. The van der Waals surface area contributed by atoms with Gasteiger partial charge in [0.1, 0.15) is 18.8 Å². The number of hydrogen-bond acceptors (Lipinski definition) is 5. The SMILES string of the molecule is O=C(NCC(O)C(O)c1cnc2ccccc2c1)OCc1ccccc1. The highest BCUT2D eigenvalue weighted by atomic mass is 16.5. The number of ether oxygens (including phenoxy) is 1. The molecule has 3 aromatic rings. The molecule has 0 spiro atoms. The van der Waals surface area contributed by atoms with Crippen molar-refractivity contribution in [1.82, 2.24) is 10.3 Å². The summed E-state index contributed by atoms with van der Waals surface area (Å²) in [7, 11) is 0. The van der Waals surface area contributed by atoms with Gasteiger partial charge in [0.15, 0.2) is 0 Å². The van der Waals surface area contributed by atoms with Crippen LogP contribution in [0, 0.1) is 0 Å². The number of aromatic nitrogens is 1. The summed E-state index contributed by atoms with van der Waals surface area (Å²) in [6.45, 7) is 0.00152. The second-order valence-electron chi connectivity index (χ2n) is 5.92. The van der Waals surface area contributed by atoms with Crippen LogP contribution in [0.5, 0.6) is 0 Å². The molecule has 3 rings (SSSR count). The number of benzene rings is 2. The topological polar surface area (TPSA) is 91.7 Å². The third-order valence-corrected chi connectivity index (χ3v) is 3.99. The predicted octanol–water partition coefficient (Wildman–Crippen LogP) is 2.56. The zero-order valence-corrected chi connectivity index (χ0v) is 14.1. The van der Waals surface area contributed by atoms with Crippen molar-refractivity contribution < 1.29 is 19.7 Å². The summed E-state index contributed by atoms with van der Waals surface area (Å²) in [5, 5.41) is 23.7. The Hall–Kier alpha value is -2.96. The Morgan fingerprint density at radius 1 is 1.08 bits per heavy atom. The largest absolute Gasteiger partial charge is 0.445 e. The van der Waals surface area contributed by atoms with Crippen molar-refractivity contribution in [2.24, 2.45) is 0 Å². The summed E-state index contributed by atoms with van der Waals surface area (Å²) in [4.78, 5) is 16.0. The molecule has 2 unspecified atom stereocenters. The quantitative estimate of drug-likeness (QED) is 0.634. The maximum atomic E-state index is 11.7. The van der Waals surface area contributed by atoms with Gasteiger partial charge in [-0.05, 0) is 17.7 Å². The summed E-state index contributed by atoms with van der Waals surface area (Å²) >= 11 is 0. The zero-order chi connectivity index (χ0) is 18.4. The monoisotopic (exact) mass is 352 g/mol. The molecule has 0 saturated carbocycles. The maximum absolute atomic E-state index is 11.7. The van der Waals surface area contributed by atoms with Crippen LogP contribution in [0.25, 0.3) is 10.9 Å². The standard InChI is InChI=1S/C20H20N2O4/c23-18(12-22-20(25)26-13-14-6-2-1-3-7-14)19(24)16-10-15-8-4-5-9-17(15)21-11-16/h1-11,18-19,23-24H,12-13H2,(H,22,25). The fourth-order valence-corrected chi connectivity index (χ4v) is 2.55. The first kappa shape index (κ1) is 17.8. The number of nitrogens with zero attached hydrogens (tertiary/aromatic N) is 1. The first-order chi connectivity index (χ1) is 12.6. The second-order valence-corrected chi connectivity index (χ2v) is 5.92. The summed E-state index contributed by atoms with van der Waals surface area (Å²) in [5.41, 5.74) is 2.15. The summed E-state index contributed by atoms with van der Waals surface area (Å²) in [6.07, 6.45) is -1.48. The number of carbonyl (C=O) groups excluding carboxylic acids is 1. The third kappa shape index (κ3) is 4.56. The van der Waals surface area contributed by atoms with Gasteiger partial charge in [0.2, 0.25) is 0 Å². The summed E-state index contributed by atoms with van der Waals surface area (Å²) in [6, 6.07) is 18.6. The number of hydrogen-bond donors (Lipinski definition) is 3. The molecule has 0 aliphatic carbocycles. The van der Waals surface area contributed by atoms with E-state index in [-0.39, 0.29) is 13.2 Å². The van der Waals surface area contributed by atoms with Crippen LogP contribution in [0.15, 0.2) is 66.9 Å². The lowest BCUT2D eigenvalue weighted by Gasteiger charge is -2.18. The molecular formula is C20H20N2O4. The molecule has 3 N–H and O–H groups in total. The molecule has 134 valence electrons. The normalized spacial score (nSPS) is 13.2. The van der Waals surface area contributed by atoms with Gasteiger partial charge in [-0.25, -0.2) is 4.79 Å². The molecule has 0 radical (unpaired) electrons. The van der Waals surface area contributed by atoms with E-state index in [4.69, 9.17) is 4.74 Å². The molecule has 0 aliphatic heterocycles. The van der Waals surface area contributed by atoms with E-state index < -0.39 is 18.3 Å². The Kier molecular flexibility index (Phi) is 5.78. The maximum Gasteiger partial charge on any atom is 0.407 e. The van der Waals surface area contributed by atoms with Crippen molar-refractivity contribution in [2.45, 2.75) is 18.8 Å². The van der Waals surface area contributed by atoms with E-state index in [1.807, 2.05) is 54.6 Å². The number of aliphatic hydroxyl groups excluding tert-OH is 2. The van der Waals surface area contributed by atoms with Crippen LogP contribution in [-0.4, -0.2) is 33.9 Å². The summed E-state index contributed by atoms with van der Waals surface area (Å²) < 4.78 is 5.07. The number of rotatable bonds is 6. The van der Waals surface area contributed by atoms with Crippen molar-refractivity contribution >= 4 is 17.0 Å². The number of pyridine rings is 1. The van der Waals surface area contributed by atoms with Crippen LogP contribution in [0.3, 0.4) is 0 Å². The van der Waals surface area contributed by atoms with Gasteiger partial charge in [-0.1, -0.05) is 48.5 Å². The van der Waals surface area contributed by atoms with E-state index in [1.165, 1.54) is 6.20 Å². The molecule has 6 heteroatoms. The molecule has 0 aliphatic rings. The average Bonchev–Trinajstić information content (AvgIpc) is 2.70. The average molecular weight is 352 g/mol. The van der Waals surface area contributed by atoms with Gasteiger partial charge in [-0.2, -0.15) is 0 Å². The zero-order valence-electron chi connectivity index (χ0n) is 14.1. The van der Waals surface area contributed by atoms with Crippen molar-refractivity contribution in [1.29, 1.82) is 0 Å². The lowest BCUT2D eigenvalue weighted by molar-refractivity contribution is 0.0183. The summed E-state index contributed by atoms with van der Waals surface area (Å²) in [5.74, 6) is 0. The van der Waals surface area contributed by atoms with Crippen molar-refractivity contribution in [3.8, 4) is 0 Å². The van der Waals surface area contributed by atoms with E-state index in [9.17, 15) is 15.0 Å². The van der Waals surface area contributed by atoms with Crippen LogP contribution < -0.4 is 5.32 Å². The highest BCUT2D eigenvalue weighted by molar-refractivity contribution is 5.78. The van der Waals surface area contributed by atoms with E-state index in [1.54, 1.807) is 6.07 Å². The molecule has 1 aromatic heterocycles. The predicted molar refractivity (Wildman–Crippen MR) is 97.3 cm³/mol. The number of carbonyl (C=O) groups is 1. The number of amides is 1. The Balaban J connectivity index is 1.51. The van der Waals surface area contributed by atoms with Crippen LogP contribution in [0.4, 0.5) is 4.79 Å². The van der Waals surface area contributed by atoms with E-state index >= 15 is 0 Å². The van der Waals surface area contributed by atoms with Gasteiger partial charge in [0.05, 0.1) is 5.52 Å². The fraction of sp³-hybridized carbons (Fsp3) is 0.200. The number of nitrogens with one attached hydrogen (secondary N) is 1. The van der Waals surface area contributed by atoms with Crippen molar-refractivity contribution in [3.05, 3.63) is 78.0 Å². The Morgan fingerprint density at radius 2 is 1.81 bits per heavy atom. The molecule has 0 fully saturated rings. The van der Waals surface area contributed by atoms with E-state index in [0.29, 0.717) is 5.56 Å². The fourth-order valence-electron chi connectivity index (χ4n) is 2.55. The van der Waals surface area contributed by atoms with Gasteiger partial charge in [0.25, 0.3) is 0 Å². The van der Waals surface area contributed by atoms with E-state index in [2.05, 4.69) is 10.3 Å². The smallest absolute Gasteiger partial charge is 0.407 e. The molecule has 0 bridgehead atoms. The molecule has 2 aromatic carbocycles. The first-order valence-electron chi connectivity index (χ1n) is 8.29. The van der Waals surface area contributed by atoms with Crippen LogP contribution >= 0.6 is 0 Å². The Labute approximate surface area is 151 Å². The molecule has 1 amide bonds. The van der Waals surface area contributed by atoms with Gasteiger partial charge >= 0.3 is 6.09 Å². The van der Waals surface area contributed by atoms with Crippen LogP contribution in [0.2, 0.25) is 0 Å². The lowest BCUT2D eigenvalue weighted by atomic mass is 10.0. The van der Waals surface area contributed by atoms with Crippen molar-refractivity contribution in [2.75, 3.05) is 6.54 Å².